The lowest BCUT2D eigenvalue weighted by molar-refractivity contribution is -0.384. The van der Waals surface area contributed by atoms with Gasteiger partial charge in [-0.05, 0) is 18.2 Å². The van der Waals surface area contributed by atoms with Crippen LogP contribution in [0.15, 0.2) is 36.4 Å². The van der Waals surface area contributed by atoms with Crippen LogP contribution >= 0.6 is 0 Å². The topological polar surface area (TPSA) is 114 Å². The number of nitrogens with zero attached hydrogens (tertiary/aromatic N) is 1. The fourth-order valence-corrected chi connectivity index (χ4v) is 2.00. The summed E-state index contributed by atoms with van der Waals surface area (Å²) in [6.45, 7) is 0. The molecule has 0 aliphatic carbocycles. The maximum absolute atomic E-state index is 11.2. The maximum Gasteiger partial charge on any atom is 0.271 e. The fourth-order valence-electron chi connectivity index (χ4n) is 2.00. The number of hydrogen-bond donors (Lipinski definition) is 1. The number of hydrogen-bond acceptors (Lipinski definition) is 7. The van der Waals surface area contributed by atoms with Gasteiger partial charge < -0.3 is 24.7 Å². The summed E-state index contributed by atoms with van der Waals surface area (Å²) in [4.78, 5) is 21.4. The quantitative estimate of drug-likeness (QED) is 0.637. The summed E-state index contributed by atoms with van der Waals surface area (Å²) in [6, 6.07) is 8.18. The third-order valence-electron chi connectivity index (χ3n) is 3.10. The Bertz CT molecular complexity index is 760. The number of nitro benzene ring substituents is 1. The van der Waals surface area contributed by atoms with Crippen LogP contribution in [0.2, 0.25) is 0 Å². The van der Waals surface area contributed by atoms with Crippen molar-refractivity contribution in [2.75, 3.05) is 19.5 Å². The Balaban J connectivity index is 2.44. The Morgan fingerprint density at radius 2 is 1.78 bits per heavy atom. The molecule has 23 heavy (non-hydrogen) atoms. The summed E-state index contributed by atoms with van der Waals surface area (Å²) in [5.41, 5.74) is 0.0976. The Morgan fingerprint density at radius 3 is 2.35 bits per heavy atom. The second kappa shape index (κ2) is 6.65. The maximum atomic E-state index is 11.2. The molecule has 2 rings (SSSR count). The zero-order chi connectivity index (χ0) is 17.0. The fraction of sp³-hybridized carbons (Fsp3) is 0.133. The molecule has 0 radical (unpaired) electrons. The third kappa shape index (κ3) is 3.49. The van der Waals surface area contributed by atoms with Crippen molar-refractivity contribution >= 4 is 23.0 Å². The molecule has 0 unspecified atom stereocenters. The average Bonchev–Trinajstić information content (AvgIpc) is 2.54. The number of nitrogens with one attached hydrogen (secondary N) is 1. The van der Waals surface area contributed by atoms with Crippen LogP contribution < -0.4 is 19.9 Å². The number of rotatable bonds is 6. The van der Waals surface area contributed by atoms with Gasteiger partial charge in [0.1, 0.15) is 0 Å². The summed E-state index contributed by atoms with van der Waals surface area (Å²) in [7, 11) is 2.95. The molecule has 120 valence electrons. The molecule has 1 N–H and O–H groups in total. The van der Waals surface area contributed by atoms with E-state index in [-0.39, 0.29) is 16.9 Å². The number of carbonyl (C=O) groups excluding carboxylic acids is 1. The van der Waals surface area contributed by atoms with E-state index in [4.69, 9.17) is 9.47 Å². The number of nitro groups is 1. The van der Waals surface area contributed by atoms with E-state index in [1.807, 2.05) is 0 Å². The van der Waals surface area contributed by atoms with Crippen molar-refractivity contribution in [2.45, 2.75) is 0 Å². The van der Waals surface area contributed by atoms with Crippen LogP contribution in [0, 0.1) is 10.1 Å². The number of benzene rings is 2. The second-order valence-corrected chi connectivity index (χ2v) is 4.47. The van der Waals surface area contributed by atoms with Gasteiger partial charge in [0.15, 0.2) is 11.5 Å². The molecule has 8 nitrogen and oxygen atoms in total. The number of non-ortho nitro benzene ring substituents is 1. The highest BCUT2D eigenvalue weighted by Crippen LogP contribution is 2.32. The van der Waals surface area contributed by atoms with E-state index in [1.165, 1.54) is 14.2 Å². The third-order valence-corrected chi connectivity index (χ3v) is 3.10. The van der Waals surface area contributed by atoms with Gasteiger partial charge in [0.05, 0.1) is 30.8 Å². The summed E-state index contributed by atoms with van der Waals surface area (Å²) in [6.07, 6.45) is 0. The highest BCUT2D eigenvalue weighted by molar-refractivity contribution is 5.94. The highest BCUT2D eigenvalue weighted by Gasteiger charge is 2.13. The normalized spacial score (nSPS) is 10.0. The molecule has 0 atom stereocenters. The van der Waals surface area contributed by atoms with Gasteiger partial charge in [-0.15, -0.1) is 0 Å². The van der Waals surface area contributed by atoms with Gasteiger partial charge in [-0.1, -0.05) is 0 Å². The Morgan fingerprint density at radius 1 is 1.09 bits per heavy atom. The van der Waals surface area contributed by atoms with Crippen molar-refractivity contribution in [3.05, 3.63) is 52.1 Å². The molecule has 0 aliphatic rings. The van der Waals surface area contributed by atoms with E-state index in [2.05, 4.69) is 5.32 Å². The predicted molar refractivity (Wildman–Crippen MR) is 80.3 cm³/mol. The Labute approximate surface area is 131 Å². The van der Waals surface area contributed by atoms with Crippen molar-refractivity contribution < 1.29 is 24.3 Å². The number of ether oxygens (including phenoxy) is 2. The van der Waals surface area contributed by atoms with Gasteiger partial charge in [-0.2, -0.15) is 0 Å². The van der Waals surface area contributed by atoms with Gasteiger partial charge in [0, 0.05) is 29.4 Å². The van der Waals surface area contributed by atoms with E-state index in [1.54, 1.807) is 18.2 Å². The SMILES string of the molecule is COc1ccc(Nc2cc([N+](=O)[O-])ccc2C(=O)[O-])cc1OC. The number of carbonyl (C=O) groups is 1. The molecule has 2 aromatic carbocycles. The number of aromatic carboxylic acids is 1. The minimum Gasteiger partial charge on any atom is -0.545 e. The van der Waals surface area contributed by atoms with Gasteiger partial charge in [0.2, 0.25) is 0 Å². The molecule has 0 aliphatic heterocycles. The van der Waals surface area contributed by atoms with Gasteiger partial charge in [-0.25, -0.2) is 0 Å². The van der Waals surface area contributed by atoms with Crippen LogP contribution in [0.5, 0.6) is 11.5 Å². The van der Waals surface area contributed by atoms with Crippen molar-refractivity contribution in [1.29, 1.82) is 0 Å². The van der Waals surface area contributed by atoms with Crippen molar-refractivity contribution in [3.63, 3.8) is 0 Å². The first-order chi connectivity index (χ1) is 11.0. The molecule has 0 bridgehead atoms. The standard InChI is InChI=1S/C15H14N2O6/c1-22-13-6-3-9(7-14(13)23-2)16-12-8-10(17(20)21)4-5-11(12)15(18)19/h3-8,16H,1-2H3,(H,18,19)/p-1. The molecule has 0 saturated carbocycles. The summed E-state index contributed by atoms with van der Waals surface area (Å²) < 4.78 is 10.3. The average molecular weight is 317 g/mol. The van der Waals surface area contributed by atoms with Crippen LogP contribution in [0.25, 0.3) is 0 Å². The van der Waals surface area contributed by atoms with Gasteiger partial charge in [0.25, 0.3) is 5.69 Å². The number of methoxy groups -OCH3 is 2. The molecular formula is C15H13N2O6-. The minimum absolute atomic E-state index is 0.0476. The molecule has 0 heterocycles. The first-order valence-electron chi connectivity index (χ1n) is 6.45. The van der Waals surface area contributed by atoms with Crippen LogP contribution in [-0.2, 0) is 0 Å². The second-order valence-electron chi connectivity index (χ2n) is 4.47. The van der Waals surface area contributed by atoms with Crippen LogP contribution in [-0.4, -0.2) is 25.1 Å². The number of carboxylic acids is 1. The number of carboxylic acid groups (broad SMARTS) is 1. The van der Waals surface area contributed by atoms with E-state index in [0.29, 0.717) is 17.2 Å². The van der Waals surface area contributed by atoms with Gasteiger partial charge >= 0.3 is 0 Å². The molecule has 0 fully saturated rings. The van der Waals surface area contributed by atoms with Crippen LogP contribution in [0.3, 0.4) is 0 Å². The lowest BCUT2D eigenvalue weighted by Crippen LogP contribution is -2.23. The monoisotopic (exact) mass is 317 g/mol. The van der Waals surface area contributed by atoms with Crippen LogP contribution in [0.1, 0.15) is 10.4 Å². The van der Waals surface area contributed by atoms with E-state index in [9.17, 15) is 20.0 Å². The van der Waals surface area contributed by atoms with Crippen molar-refractivity contribution in [1.82, 2.24) is 0 Å². The lowest BCUT2D eigenvalue weighted by atomic mass is 10.1. The van der Waals surface area contributed by atoms with Crippen molar-refractivity contribution in [2.24, 2.45) is 0 Å². The smallest absolute Gasteiger partial charge is 0.271 e. The number of anilines is 2. The molecule has 0 aromatic heterocycles. The van der Waals surface area contributed by atoms with E-state index < -0.39 is 10.9 Å². The molecule has 0 spiro atoms. The first kappa shape index (κ1) is 16.1. The minimum atomic E-state index is -1.44. The van der Waals surface area contributed by atoms with E-state index >= 15 is 0 Å². The molecule has 8 heteroatoms. The lowest BCUT2D eigenvalue weighted by Gasteiger charge is -2.14. The molecule has 0 amide bonds. The summed E-state index contributed by atoms with van der Waals surface area (Å²) >= 11 is 0. The molecule has 0 saturated heterocycles. The van der Waals surface area contributed by atoms with Crippen LogP contribution in [0.4, 0.5) is 17.1 Å². The summed E-state index contributed by atoms with van der Waals surface area (Å²) in [5.74, 6) is -0.516. The zero-order valence-electron chi connectivity index (χ0n) is 12.4. The van der Waals surface area contributed by atoms with Gasteiger partial charge in [-0.3, -0.25) is 10.1 Å². The predicted octanol–water partition coefficient (Wildman–Crippen LogP) is 1.72. The van der Waals surface area contributed by atoms with Crippen molar-refractivity contribution in [3.8, 4) is 11.5 Å². The first-order valence-corrected chi connectivity index (χ1v) is 6.45. The molecule has 2 aromatic rings. The largest absolute Gasteiger partial charge is 0.545 e. The molecular weight excluding hydrogens is 304 g/mol. The Kier molecular flexibility index (Phi) is 4.65. The Hall–Kier alpha value is -3.29. The zero-order valence-corrected chi connectivity index (χ0v) is 12.4. The summed E-state index contributed by atoms with van der Waals surface area (Å²) in [5, 5.41) is 24.8. The highest BCUT2D eigenvalue weighted by atomic mass is 16.6. The van der Waals surface area contributed by atoms with E-state index in [0.717, 1.165) is 18.2 Å².